The van der Waals surface area contributed by atoms with Gasteiger partial charge in [0.05, 0.1) is 15.6 Å². The highest BCUT2D eigenvalue weighted by Crippen LogP contribution is 2.29. The first-order chi connectivity index (χ1) is 6.93. The van der Waals surface area contributed by atoms with Gasteiger partial charge in [-0.3, -0.25) is 4.79 Å². The molecule has 0 aromatic heterocycles. The summed E-state index contributed by atoms with van der Waals surface area (Å²) in [6.45, 7) is 0. The molecule has 0 saturated heterocycles. The number of aliphatic hydroxyl groups is 1. The molecule has 0 unspecified atom stereocenters. The summed E-state index contributed by atoms with van der Waals surface area (Å²) in [5, 5.41) is 9.09. The van der Waals surface area contributed by atoms with E-state index >= 15 is 0 Å². The molecule has 3 nitrogen and oxygen atoms in total. The van der Waals surface area contributed by atoms with Crippen LogP contribution in [0.1, 0.15) is 12.8 Å². The number of nitrogens with two attached hydrogens (primary N) is 1. The van der Waals surface area contributed by atoms with Crippen LogP contribution in [0, 0.1) is 0 Å². The van der Waals surface area contributed by atoms with Gasteiger partial charge in [-0.15, -0.1) is 0 Å². The second kappa shape index (κ2) is 4.68. The molecule has 0 aromatic rings. The molecule has 0 spiro atoms. The lowest BCUT2D eigenvalue weighted by Crippen LogP contribution is -2.15. The number of carbonyl (C=O) groups is 1. The van der Waals surface area contributed by atoms with Gasteiger partial charge in [-0.2, -0.15) is 0 Å². The first-order valence-electron chi connectivity index (χ1n) is 4.07. The molecule has 1 amide bonds. The van der Waals surface area contributed by atoms with Crippen LogP contribution in [0.2, 0.25) is 0 Å². The number of allylic oxidation sites excluding steroid dienone is 4. The summed E-state index contributed by atoms with van der Waals surface area (Å²) in [5.41, 5.74) is 4.69. The SMILES string of the molecule is NC(=O)C1=C/C(F)=C(/Cl)CC/C(O)=C\1Cl. The van der Waals surface area contributed by atoms with E-state index in [0.29, 0.717) is 0 Å². The zero-order chi connectivity index (χ0) is 11.6. The van der Waals surface area contributed by atoms with E-state index in [0.717, 1.165) is 6.08 Å². The zero-order valence-corrected chi connectivity index (χ0v) is 9.07. The fourth-order valence-electron chi connectivity index (χ4n) is 1.06. The number of carbonyl (C=O) groups excluding carboxylic acids is 1. The van der Waals surface area contributed by atoms with E-state index in [4.69, 9.17) is 28.9 Å². The molecule has 1 aliphatic rings. The number of rotatable bonds is 1. The van der Waals surface area contributed by atoms with Crippen molar-refractivity contribution in [2.75, 3.05) is 0 Å². The second-order valence-corrected chi connectivity index (χ2v) is 3.77. The van der Waals surface area contributed by atoms with Crippen molar-refractivity contribution in [3.8, 4) is 0 Å². The maximum Gasteiger partial charge on any atom is 0.250 e. The van der Waals surface area contributed by atoms with E-state index in [9.17, 15) is 14.3 Å². The van der Waals surface area contributed by atoms with Crippen molar-refractivity contribution in [1.29, 1.82) is 0 Å². The van der Waals surface area contributed by atoms with Crippen molar-refractivity contribution in [3.63, 3.8) is 0 Å². The first-order valence-corrected chi connectivity index (χ1v) is 4.82. The minimum atomic E-state index is -0.923. The highest BCUT2D eigenvalue weighted by Gasteiger charge is 2.19. The van der Waals surface area contributed by atoms with Crippen molar-refractivity contribution in [1.82, 2.24) is 0 Å². The number of primary amides is 1. The molecule has 0 heterocycles. The van der Waals surface area contributed by atoms with E-state index < -0.39 is 11.7 Å². The Bertz CT molecular complexity index is 399. The van der Waals surface area contributed by atoms with Gasteiger partial charge in [-0.25, -0.2) is 4.39 Å². The summed E-state index contributed by atoms with van der Waals surface area (Å²) in [6.07, 6.45) is 1.01. The molecule has 3 N–H and O–H groups in total. The van der Waals surface area contributed by atoms with E-state index in [2.05, 4.69) is 0 Å². The molecule has 0 radical (unpaired) electrons. The third-order valence-electron chi connectivity index (χ3n) is 1.87. The van der Waals surface area contributed by atoms with E-state index in [1.54, 1.807) is 0 Å². The molecule has 0 bridgehead atoms. The molecule has 0 fully saturated rings. The molecule has 15 heavy (non-hydrogen) atoms. The Morgan fingerprint density at radius 2 is 2.07 bits per heavy atom. The summed E-state index contributed by atoms with van der Waals surface area (Å²) in [5.74, 6) is -1.92. The van der Waals surface area contributed by atoms with Crippen LogP contribution in [0.5, 0.6) is 0 Å². The first kappa shape index (κ1) is 12.1. The Kier molecular flexibility index (Phi) is 3.77. The predicted octanol–water partition coefficient (Wildman–Crippen LogP) is 2.62. The van der Waals surface area contributed by atoms with Gasteiger partial charge in [0.2, 0.25) is 5.91 Å². The average molecular weight is 252 g/mol. The lowest BCUT2D eigenvalue weighted by Gasteiger charge is -2.09. The van der Waals surface area contributed by atoms with Gasteiger partial charge >= 0.3 is 0 Å². The topological polar surface area (TPSA) is 63.3 Å². The third kappa shape index (κ3) is 2.73. The van der Waals surface area contributed by atoms with E-state index in [1.807, 2.05) is 0 Å². The Morgan fingerprint density at radius 1 is 1.47 bits per heavy atom. The highest BCUT2D eigenvalue weighted by molar-refractivity contribution is 6.35. The van der Waals surface area contributed by atoms with Gasteiger partial charge in [0, 0.05) is 6.42 Å². The van der Waals surface area contributed by atoms with E-state index in [1.165, 1.54) is 0 Å². The van der Waals surface area contributed by atoms with Crippen molar-refractivity contribution in [2.45, 2.75) is 12.8 Å². The fourth-order valence-corrected chi connectivity index (χ4v) is 1.45. The van der Waals surface area contributed by atoms with Crippen LogP contribution < -0.4 is 5.73 Å². The maximum atomic E-state index is 13.2. The maximum absolute atomic E-state index is 13.2. The summed E-state index contributed by atoms with van der Waals surface area (Å²) in [4.78, 5) is 10.9. The minimum absolute atomic E-state index is 0.0652. The molecular formula is C9H8Cl2FNO2. The molecule has 82 valence electrons. The summed E-state index contributed by atoms with van der Waals surface area (Å²) >= 11 is 11.2. The minimum Gasteiger partial charge on any atom is -0.511 e. The van der Waals surface area contributed by atoms with Crippen LogP contribution in [0.25, 0.3) is 0 Å². The molecule has 6 heteroatoms. The summed E-state index contributed by atoms with van der Waals surface area (Å²) < 4.78 is 13.2. The largest absolute Gasteiger partial charge is 0.511 e. The Hall–Kier alpha value is -1.00. The van der Waals surface area contributed by atoms with Gasteiger partial charge in [-0.1, -0.05) is 23.2 Å². The zero-order valence-electron chi connectivity index (χ0n) is 7.56. The number of hydrogen-bond donors (Lipinski definition) is 2. The molecule has 1 aliphatic carbocycles. The van der Waals surface area contributed by atoms with Gasteiger partial charge in [0.15, 0.2) is 0 Å². The predicted molar refractivity (Wildman–Crippen MR) is 56.0 cm³/mol. The normalized spacial score (nSPS) is 31.5. The van der Waals surface area contributed by atoms with Crippen molar-refractivity contribution < 1.29 is 14.3 Å². The summed E-state index contributed by atoms with van der Waals surface area (Å²) in [6, 6.07) is 0. The van der Waals surface area contributed by atoms with Crippen LogP contribution >= 0.6 is 23.2 Å². The van der Waals surface area contributed by atoms with Gasteiger partial charge in [0.25, 0.3) is 0 Å². The monoisotopic (exact) mass is 251 g/mol. The van der Waals surface area contributed by atoms with E-state index in [-0.39, 0.29) is 34.2 Å². The van der Waals surface area contributed by atoms with Crippen LogP contribution in [0.3, 0.4) is 0 Å². The lowest BCUT2D eigenvalue weighted by molar-refractivity contribution is -0.114. The van der Waals surface area contributed by atoms with Gasteiger partial charge < -0.3 is 10.8 Å². The number of hydrogen-bond acceptors (Lipinski definition) is 2. The molecule has 0 atom stereocenters. The number of halogens is 3. The van der Waals surface area contributed by atoms with Crippen LogP contribution in [0.4, 0.5) is 4.39 Å². The molecular weight excluding hydrogens is 244 g/mol. The quantitative estimate of drug-likeness (QED) is 0.753. The van der Waals surface area contributed by atoms with Crippen molar-refractivity contribution in [3.05, 3.63) is 33.3 Å². The molecule has 0 saturated carbocycles. The average Bonchev–Trinajstić information content (AvgIpc) is 2.18. The molecule has 0 aromatic carbocycles. The second-order valence-electron chi connectivity index (χ2n) is 2.94. The van der Waals surface area contributed by atoms with Crippen molar-refractivity contribution >= 4 is 29.1 Å². The Morgan fingerprint density at radius 3 is 2.60 bits per heavy atom. The van der Waals surface area contributed by atoms with Crippen LogP contribution in [-0.2, 0) is 4.79 Å². The highest BCUT2D eigenvalue weighted by atomic mass is 35.5. The smallest absolute Gasteiger partial charge is 0.250 e. The Balaban J connectivity index is 3.30. The van der Waals surface area contributed by atoms with Gasteiger partial charge in [-0.05, 0) is 12.5 Å². The standard InChI is InChI=1S/C9H8Cl2FNO2/c10-5-1-2-7(14)8(11)4(9(13)15)3-6(5)12/h3,14H,1-2H2,(H2,13,15)/b4-3+,6-5-,8-7-. The summed E-state index contributed by atoms with van der Waals surface area (Å²) in [7, 11) is 0. The van der Waals surface area contributed by atoms with Gasteiger partial charge in [0.1, 0.15) is 11.6 Å². The molecule has 1 rings (SSSR count). The van der Waals surface area contributed by atoms with Crippen molar-refractivity contribution in [2.24, 2.45) is 5.73 Å². The van der Waals surface area contributed by atoms with Crippen LogP contribution in [0.15, 0.2) is 33.3 Å². The van der Waals surface area contributed by atoms with Crippen LogP contribution in [-0.4, -0.2) is 11.0 Å². The Labute approximate surface area is 95.7 Å². The number of aliphatic hydroxyl groups excluding tert-OH is 1. The molecule has 0 aliphatic heterocycles. The lowest BCUT2D eigenvalue weighted by atomic mass is 10.1. The fraction of sp³-hybridized carbons (Fsp3) is 0.222. The third-order valence-corrected chi connectivity index (χ3v) is 2.66. The number of amides is 1.